The molecule has 0 atom stereocenters. The van der Waals surface area contributed by atoms with Crippen LogP contribution in [0.15, 0.2) is 0 Å². The first-order valence-electron chi connectivity index (χ1n) is 28.1. The molecule has 0 aromatic heterocycles. The number of methoxy groups -OCH3 is 3. The molecule has 0 aromatic carbocycles. The molecule has 0 radical (unpaired) electrons. The summed E-state index contributed by atoms with van der Waals surface area (Å²) in [5, 5.41) is 16.0. The fourth-order valence-electron chi connectivity index (χ4n) is 0.945. The van der Waals surface area contributed by atoms with Gasteiger partial charge < -0.3 is 14.2 Å². The van der Waals surface area contributed by atoms with Crippen molar-refractivity contribution >= 4 is 47.0 Å². The highest BCUT2D eigenvalue weighted by molar-refractivity contribution is 8.00. The van der Waals surface area contributed by atoms with Crippen molar-refractivity contribution in [1.82, 2.24) is 0 Å². The fourth-order valence-corrected chi connectivity index (χ4v) is 1.81. The van der Waals surface area contributed by atoms with E-state index in [0.717, 1.165) is 26.0 Å². The van der Waals surface area contributed by atoms with E-state index in [1.807, 2.05) is 84.1 Å². The Morgan fingerprint density at radius 1 is 0.505 bits per heavy atom. The zero-order chi connectivity index (χ0) is 80.1. The second-order valence-electron chi connectivity index (χ2n) is 18.0. The maximum Gasteiger partial charge on any atom is 0.522 e. The molecule has 0 N–H and O–H groups in total. The second kappa shape index (κ2) is 90.4. The van der Waals surface area contributed by atoms with Crippen LogP contribution in [0.1, 0.15) is 206 Å². The molecule has 0 aromatic rings. The molecule has 584 valence electrons. The summed E-state index contributed by atoms with van der Waals surface area (Å²) >= 11 is 3.74. The van der Waals surface area contributed by atoms with E-state index in [2.05, 4.69) is 56.6 Å². The van der Waals surface area contributed by atoms with Gasteiger partial charge in [0.1, 0.15) is 0 Å². The molecule has 0 aliphatic heterocycles. The number of nitrogens with zero attached hydrogens (tertiary/aromatic N) is 2. The minimum atomic E-state index is -4.48. The normalized spacial score (nSPS) is 10.6. The molecular formula is C57H117F25N2O5S4. The van der Waals surface area contributed by atoms with Crippen LogP contribution in [0.5, 0.6) is 0 Å². The van der Waals surface area contributed by atoms with Crippen molar-refractivity contribution in [2.45, 2.75) is 289 Å². The summed E-state index contributed by atoms with van der Waals surface area (Å²) in [7, 11) is 4.93. The molecule has 0 unspecified atom stereocenters. The molecule has 36 heteroatoms. The lowest BCUT2D eigenvalue weighted by molar-refractivity contribution is -0.338. The zero-order valence-corrected chi connectivity index (χ0v) is 63.6. The van der Waals surface area contributed by atoms with Gasteiger partial charge in [-0.15, -0.1) is 26.3 Å². The number of rotatable bonds is 10. The minimum Gasteiger partial charge on any atom is -0.382 e. The van der Waals surface area contributed by atoms with E-state index in [1.54, 1.807) is 21.3 Å². The lowest BCUT2D eigenvalue weighted by Crippen LogP contribution is -2.24. The van der Waals surface area contributed by atoms with E-state index in [-0.39, 0.29) is 67.1 Å². The van der Waals surface area contributed by atoms with Crippen molar-refractivity contribution in [3.8, 4) is 12.1 Å². The first-order chi connectivity index (χ1) is 41.0. The van der Waals surface area contributed by atoms with Gasteiger partial charge in [0.25, 0.3) is 0 Å². The number of hydrogen-bond acceptors (Lipinski definition) is 11. The lowest BCUT2D eigenvalue weighted by Gasteiger charge is -2.19. The fraction of sp³-hybridized carbons (Fsp3) is 0.965. The van der Waals surface area contributed by atoms with Gasteiger partial charge in [-0.1, -0.05) is 108 Å². The second-order valence-corrected chi connectivity index (χ2v) is 23.5. The Balaban J connectivity index is -0.0000000443. The molecule has 7 nitrogen and oxygen atoms in total. The van der Waals surface area contributed by atoms with Crippen molar-refractivity contribution in [3.05, 3.63) is 0 Å². The molecule has 0 saturated heterocycles. The average Bonchev–Trinajstić information content (AvgIpc) is 3.35. The summed E-state index contributed by atoms with van der Waals surface area (Å²) in [5.41, 5.74) is -8.09. The summed E-state index contributed by atoms with van der Waals surface area (Å²) in [4.78, 5) is 0. The number of thioether (sulfide) groups is 4. The molecule has 0 fully saturated rings. The highest BCUT2D eigenvalue weighted by Crippen LogP contribution is 2.33. The van der Waals surface area contributed by atoms with Crippen LogP contribution in [-0.4, -0.2) is 142 Å². The first kappa shape index (κ1) is 135. The van der Waals surface area contributed by atoms with E-state index in [9.17, 15) is 110 Å². The van der Waals surface area contributed by atoms with Gasteiger partial charge in [0.2, 0.25) is 6.43 Å². The SMILES string of the molecule is CC(C)C#N.CC(C)C(F)(F)F.CC(C)F.CC(C)OC(F)(F)F.CC(C)SC(F)(F)F.CC(F)(F)F.CCC.CCC#N.CCC(F)(F)F.CCC(F)F.CCF.CCOC(F)(F)F.CCSC.CCSC(F)(F)F.COC(C)(C)OC.COC(C)C.CSC(C)C. The van der Waals surface area contributed by atoms with Gasteiger partial charge in [0, 0.05) is 64.6 Å². The minimum absolute atomic E-state index is 0.0116. The molecule has 0 bridgehead atoms. The Kier molecular flexibility index (Phi) is 131. The third-order valence-corrected chi connectivity index (χ3v) is 8.22. The van der Waals surface area contributed by atoms with Crippen molar-refractivity contribution in [2.24, 2.45) is 11.8 Å². The Bertz CT molecular complexity index is 1300. The van der Waals surface area contributed by atoms with Crippen LogP contribution >= 0.6 is 47.0 Å². The van der Waals surface area contributed by atoms with Crippen molar-refractivity contribution < 1.29 is 133 Å². The van der Waals surface area contributed by atoms with Gasteiger partial charge in [-0.05, 0) is 124 Å². The van der Waals surface area contributed by atoms with E-state index >= 15 is 0 Å². The predicted molar refractivity (Wildman–Crippen MR) is 341 cm³/mol. The summed E-state index contributed by atoms with van der Waals surface area (Å²) in [6.45, 7) is 41.3. The number of nitriles is 2. The quantitative estimate of drug-likeness (QED) is 0.155. The predicted octanol–water partition coefficient (Wildman–Crippen LogP) is 26.8. The highest BCUT2D eigenvalue weighted by Gasteiger charge is 2.32. The van der Waals surface area contributed by atoms with E-state index in [1.165, 1.54) is 81.4 Å². The van der Waals surface area contributed by atoms with Crippen molar-refractivity contribution in [1.29, 1.82) is 10.5 Å². The highest BCUT2D eigenvalue weighted by atomic mass is 32.2. The smallest absolute Gasteiger partial charge is 0.382 e. The van der Waals surface area contributed by atoms with E-state index in [4.69, 9.17) is 24.7 Å². The topological polar surface area (TPSA) is 93.7 Å². The van der Waals surface area contributed by atoms with Gasteiger partial charge in [-0.2, -0.15) is 99.9 Å². The molecule has 0 aliphatic rings. The molecular weight excluding hydrogens is 1400 g/mol. The molecule has 0 heterocycles. The van der Waals surface area contributed by atoms with Crippen LogP contribution in [0, 0.1) is 34.5 Å². The zero-order valence-electron chi connectivity index (χ0n) is 60.3. The van der Waals surface area contributed by atoms with Crippen LogP contribution in [0.2, 0.25) is 0 Å². The van der Waals surface area contributed by atoms with Gasteiger partial charge in [0.05, 0.1) is 43.8 Å². The van der Waals surface area contributed by atoms with Crippen LogP contribution in [0.3, 0.4) is 0 Å². The summed E-state index contributed by atoms with van der Waals surface area (Å²) < 4.78 is 294. The largest absolute Gasteiger partial charge is 0.522 e. The Labute approximate surface area is 560 Å². The van der Waals surface area contributed by atoms with Crippen LogP contribution < -0.4 is 0 Å². The van der Waals surface area contributed by atoms with Gasteiger partial charge in [-0.3, -0.25) is 13.9 Å². The van der Waals surface area contributed by atoms with Crippen LogP contribution in [0.25, 0.3) is 0 Å². The third kappa shape index (κ3) is 412. The first-order valence-corrected chi connectivity index (χ1v) is 32.6. The van der Waals surface area contributed by atoms with E-state index in [0.29, 0.717) is 12.5 Å². The molecule has 0 rings (SSSR count). The van der Waals surface area contributed by atoms with Gasteiger partial charge in [-0.25, -0.2) is 13.2 Å². The maximum absolute atomic E-state index is 11.3. The maximum atomic E-state index is 11.3. The molecule has 0 saturated carbocycles. The average molecular weight is 1510 g/mol. The number of ether oxygens (including phenoxy) is 5. The molecule has 0 aliphatic carbocycles. The Hall–Kier alpha value is -1.57. The molecule has 0 amide bonds. The van der Waals surface area contributed by atoms with E-state index < -0.39 is 79.1 Å². The van der Waals surface area contributed by atoms with Gasteiger partial charge >= 0.3 is 42.3 Å². The van der Waals surface area contributed by atoms with Crippen LogP contribution in [-0.2, 0) is 23.7 Å². The molecule has 93 heavy (non-hydrogen) atoms. The van der Waals surface area contributed by atoms with Crippen molar-refractivity contribution in [2.75, 3.05) is 58.6 Å². The van der Waals surface area contributed by atoms with Gasteiger partial charge in [0.15, 0.2) is 5.79 Å². The Morgan fingerprint density at radius 3 is 0.742 bits per heavy atom. The number of halogens is 25. The monoisotopic (exact) mass is 1510 g/mol. The van der Waals surface area contributed by atoms with Crippen molar-refractivity contribution in [3.63, 3.8) is 0 Å². The summed E-state index contributed by atoms with van der Waals surface area (Å²) in [6.07, 6.45) is -18.7. The summed E-state index contributed by atoms with van der Waals surface area (Å²) in [6, 6.07) is 3.96. The summed E-state index contributed by atoms with van der Waals surface area (Å²) in [5.74, 6) is -0.0914. The third-order valence-electron chi connectivity index (χ3n) is 5.35. The Morgan fingerprint density at radius 2 is 0.742 bits per heavy atom. The standard InChI is InChI=1S/C5H12O2.C4H7F3O.C4H7F3S.C4H7F3.C4H7N.C4H10O.C4H10S.C3H5F3O.C3H5F3S.C3H5F3.C3H6F2.C3H7F.C3H5N.C3H8S.C3H8.C2H3F3.C2H5F/c1-5(2,6-3)7-4;2*1-3(2)8-4(5,6)7;1-3(2)4(5,6)7;1-4(2)3-5;2*1-4(2)5-3;2*1-2-7-3(4,5)6;1-2-3(4,5)6;1-2-3(4)5;1-3(2)4;1-2-3-4;1-3-4-2;1-3-2;1-2(3,4)5;1-2-3/h1-4H3;2*3H,1-2H3;3H,1-2H3;4H,1-2H3;2*4H,1-3H3;2*2H2,1H3;2H2,1H3;3H,2H2,1H3;3H,1-2H3;2H2,1H3;3H2,1-2H3;3H2,1-2H3;1H3;2H2,1H3. The lowest BCUT2D eigenvalue weighted by atomic mass is 10.2. The number of hydrogen-bond donors (Lipinski definition) is 0. The molecule has 0 spiro atoms. The van der Waals surface area contributed by atoms with Crippen LogP contribution in [0.4, 0.5) is 110 Å². The number of alkyl halides is 25.